The van der Waals surface area contributed by atoms with Crippen LogP contribution in [0.25, 0.3) is 0 Å². The second kappa shape index (κ2) is 5.64. The number of carbonyl (C=O) groups is 2. The Morgan fingerprint density at radius 3 is 2.56 bits per heavy atom. The Kier molecular flexibility index (Phi) is 3.94. The van der Waals surface area contributed by atoms with Crippen molar-refractivity contribution in [2.24, 2.45) is 0 Å². The van der Waals surface area contributed by atoms with Gasteiger partial charge in [-0.2, -0.15) is 0 Å². The van der Waals surface area contributed by atoms with Gasteiger partial charge in [0.2, 0.25) is 0 Å². The van der Waals surface area contributed by atoms with Crippen LogP contribution in [0.2, 0.25) is 0 Å². The summed E-state index contributed by atoms with van der Waals surface area (Å²) in [4.78, 5) is 24.1. The molecule has 0 bridgehead atoms. The highest BCUT2D eigenvalue weighted by atomic mass is 16.2. The first-order valence-electron chi connectivity index (χ1n) is 6.13. The highest BCUT2D eigenvalue weighted by Gasteiger charge is 2.29. The van der Waals surface area contributed by atoms with Gasteiger partial charge in [0.05, 0.1) is 12.2 Å². The van der Waals surface area contributed by atoms with Crippen molar-refractivity contribution < 1.29 is 9.59 Å². The van der Waals surface area contributed by atoms with Crippen molar-refractivity contribution >= 4 is 17.6 Å². The molecule has 0 aromatic heterocycles. The van der Waals surface area contributed by atoms with Gasteiger partial charge in [-0.3, -0.25) is 4.79 Å². The van der Waals surface area contributed by atoms with E-state index in [1.54, 1.807) is 12.1 Å². The molecule has 1 aromatic carbocycles. The minimum atomic E-state index is -0.350. The van der Waals surface area contributed by atoms with Gasteiger partial charge in [-0.1, -0.05) is 19.1 Å². The van der Waals surface area contributed by atoms with Gasteiger partial charge >= 0.3 is 6.03 Å². The number of nitrogens with one attached hydrogen (secondary N) is 2. The molecular formula is C13H17N3O2. The zero-order chi connectivity index (χ0) is 13.0. The van der Waals surface area contributed by atoms with E-state index in [1.165, 1.54) is 4.90 Å². The van der Waals surface area contributed by atoms with Gasteiger partial charge in [0, 0.05) is 6.54 Å². The number of hydrogen-bond acceptors (Lipinski definition) is 3. The molecule has 1 saturated heterocycles. The van der Waals surface area contributed by atoms with E-state index in [4.69, 9.17) is 0 Å². The van der Waals surface area contributed by atoms with Gasteiger partial charge in [0.25, 0.3) is 5.91 Å². The third kappa shape index (κ3) is 2.68. The average Bonchev–Trinajstić information content (AvgIpc) is 2.71. The van der Waals surface area contributed by atoms with Crippen molar-refractivity contribution in [2.45, 2.75) is 19.9 Å². The number of carbonyl (C=O) groups excluding carboxylic acids is 2. The van der Waals surface area contributed by atoms with E-state index in [2.05, 4.69) is 17.6 Å². The van der Waals surface area contributed by atoms with Crippen molar-refractivity contribution in [2.75, 3.05) is 18.0 Å². The van der Waals surface area contributed by atoms with Crippen LogP contribution in [0.15, 0.2) is 24.3 Å². The van der Waals surface area contributed by atoms with E-state index in [1.807, 2.05) is 12.1 Å². The highest BCUT2D eigenvalue weighted by molar-refractivity contribution is 6.19. The smallest absolute Gasteiger partial charge is 0.328 e. The molecule has 1 aliphatic heterocycles. The SMILES string of the molecule is CCCNCc1ccc(N2C(=O)CNC2=O)cc1. The lowest BCUT2D eigenvalue weighted by Crippen LogP contribution is -2.30. The van der Waals surface area contributed by atoms with Crippen LogP contribution >= 0.6 is 0 Å². The Hall–Kier alpha value is -1.88. The van der Waals surface area contributed by atoms with Gasteiger partial charge in [0.1, 0.15) is 0 Å². The van der Waals surface area contributed by atoms with Gasteiger partial charge in [0.15, 0.2) is 0 Å². The van der Waals surface area contributed by atoms with E-state index >= 15 is 0 Å². The lowest BCUT2D eigenvalue weighted by molar-refractivity contribution is -0.115. The maximum Gasteiger partial charge on any atom is 0.329 e. The molecular weight excluding hydrogens is 230 g/mol. The number of anilines is 1. The highest BCUT2D eigenvalue weighted by Crippen LogP contribution is 2.17. The molecule has 2 rings (SSSR count). The van der Waals surface area contributed by atoms with Gasteiger partial charge in [-0.05, 0) is 30.7 Å². The van der Waals surface area contributed by atoms with Gasteiger partial charge in [-0.25, -0.2) is 9.69 Å². The first kappa shape index (κ1) is 12.6. The van der Waals surface area contributed by atoms with E-state index < -0.39 is 0 Å². The third-order valence-electron chi connectivity index (χ3n) is 2.79. The van der Waals surface area contributed by atoms with Crippen LogP contribution < -0.4 is 15.5 Å². The predicted octanol–water partition coefficient (Wildman–Crippen LogP) is 1.24. The Labute approximate surface area is 106 Å². The molecule has 18 heavy (non-hydrogen) atoms. The van der Waals surface area contributed by atoms with E-state index in [0.717, 1.165) is 25.1 Å². The number of imide groups is 1. The largest absolute Gasteiger partial charge is 0.329 e. The minimum absolute atomic E-state index is 0.0820. The van der Waals surface area contributed by atoms with Crippen molar-refractivity contribution in [3.63, 3.8) is 0 Å². The summed E-state index contributed by atoms with van der Waals surface area (Å²) in [5.41, 5.74) is 1.76. The molecule has 5 nitrogen and oxygen atoms in total. The Morgan fingerprint density at radius 2 is 2.00 bits per heavy atom. The quantitative estimate of drug-likeness (QED) is 0.608. The molecule has 1 aliphatic rings. The summed E-state index contributed by atoms with van der Waals surface area (Å²) >= 11 is 0. The monoisotopic (exact) mass is 247 g/mol. The van der Waals surface area contributed by atoms with Crippen LogP contribution in [0.3, 0.4) is 0 Å². The predicted molar refractivity (Wildman–Crippen MR) is 69.3 cm³/mol. The number of rotatable bonds is 5. The molecule has 0 saturated carbocycles. The van der Waals surface area contributed by atoms with Crippen molar-refractivity contribution in [1.29, 1.82) is 0 Å². The number of nitrogens with zero attached hydrogens (tertiary/aromatic N) is 1. The van der Waals surface area contributed by atoms with Crippen molar-refractivity contribution in [3.05, 3.63) is 29.8 Å². The zero-order valence-corrected chi connectivity index (χ0v) is 10.4. The molecule has 1 fully saturated rings. The summed E-state index contributed by atoms with van der Waals surface area (Å²) in [5.74, 6) is -0.211. The minimum Gasteiger partial charge on any atom is -0.328 e. The van der Waals surface area contributed by atoms with Crippen LogP contribution in [0, 0.1) is 0 Å². The maximum atomic E-state index is 11.5. The zero-order valence-electron chi connectivity index (χ0n) is 10.4. The molecule has 0 radical (unpaired) electrons. The van der Waals surface area contributed by atoms with Crippen LogP contribution in [-0.2, 0) is 11.3 Å². The summed E-state index contributed by atoms with van der Waals surface area (Å²) in [6, 6.07) is 7.10. The summed E-state index contributed by atoms with van der Waals surface area (Å²) in [6.45, 7) is 3.98. The van der Waals surface area contributed by atoms with Gasteiger partial charge in [-0.15, -0.1) is 0 Å². The fourth-order valence-corrected chi connectivity index (χ4v) is 1.86. The fraction of sp³-hybridized carbons (Fsp3) is 0.385. The molecule has 0 aliphatic carbocycles. The van der Waals surface area contributed by atoms with Crippen LogP contribution in [-0.4, -0.2) is 25.0 Å². The lowest BCUT2D eigenvalue weighted by atomic mass is 10.2. The van der Waals surface area contributed by atoms with Crippen molar-refractivity contribution in [1.82, 2.24) is 10.6 Å². The third-order valence-corrected chi connectivity index (χ3v) is 2.79. The molecule has 3 amide bonds. The number of amides is 3. The second-order valence-corrected chi connectivity index (χ2v) is 4.23. The lowest BCUT2D eigenvalue weighted by Gasteiger charge is -2.12. The summed E-state index contributed by atoms with van der Waals surface area (Å²) in [5, 5.41) is 5.80. The molecule has 2 N–H and O–H groups in total. The topological polar surface area (TPSA) is 61.4 Å². The van der Waals surface area contributed by atoms with Crippen molar-refractivity contribution in [3.8, 4) is 0 Å². The normalized spacial score (nSPS) is 15.1. The molecule has 0 unspecified atom stereocenters. The molecule has 1 aromatic rings. The van der Waals surface area contributed by atoms with E-state index in [-0.39, 0.29) is 18.5 Å². The second-order valence-electron chi connectivity index (χ2n) is 4.23. The standard InChI is InChI=1S/C13H17N3O2/c1-2-7-14-8-10-3-5-11(6-4-10)16-12(17)9-15-13(16)18/h3-6,14H,2,7-9H2,1H3,(H,15,18). The molecule has 0 atom stereocenters. The summed E-state index contributed by atoms with van der Waals surface area (Å²) in [7, 11) is 0. The molecule has 0 spiro atoms. The molecule has 96 valence electrons. The average molecular weight is 247 g/mol. The van der Waals surface area contributed by atoms with E-state index in [9.17, 15) is 9.59 Å². The maximum absolute atomic E-state index is 11.5. The van der Waals surface area contributed by atoms with Gasteiger partial charge < -0.3 is 10.6 Å². The number of hydrogen-bond donors (Lipinski definition) is 2. The Morgan fingerprint density at radius 1 is 1.28 bits per heavy atom. The Balaban J connectivity index is 2.03. The van der Waals surface area contributed by atoms with Crippen LogP contribution in [0.4, 0.5) is 10.5 Å². The Bertz CT molecular complexity index is 426. The summed E-state index contributed by atoms with van der Waals surface area (Å²) < 4.78 is 0. The number of benzene rings is 1. The number of urea groups is 1. The van der Waals surface area contributed by atoms with E-state index in [0.29, 0.717) is 5.69 Å². The summed E-state index contributed by atoms with van der Waals surface area (Å²) in [6.07, 6.45) is 1.10. The first-order valence-corrected chi connectivity index (χ1v) is 6.13. The van der Waals surface area contributed by atoms with Crippen LogP contribution in [0.5, 0.6) is 0 Å². The van der Waals surface area contributed by atoms with Crippen LogP contribution in [0.1, 0.15) is 18.9 Å². The fourth-order valence-electron chi connectivity index (χ4n) is 1.86. The first-order chi connectivity index (χ1) is 8.72. The molecule has 5 heteroatoms. The molecule has 1 heterocycles.